The first-order chi connectivity index (χ1) is 15.1. The fraction of sp³-hybridized carbons (Fsp3) is 0.913. The van der Waals surface area contributed by atoms with E-state index >= 15 is 0 Å². The minimum absolute atomic E-state index is 0.161. The topological polar surface area (TPSA) is 35.5 Å². The van der Waals surface area contributed by atoms with E-state index in [2.05, 4.69) is 13.8 Å². The molecule has 0 N–H and O–H groups in total. The summed E-state index contributed by atoms with van der Waals surface area (Å²) in [5, 5.41) is 0. The van der Waals surface area contributed by atoms with E-state index in [4.69, 9.17) is 9.05 Å². The zero-order chi connectivity index (χ0) is 22.8. The third kappa shape index (κ3) is 13.1. The van der Waals surface area contributed by atoms with Gasteiger partial charge >= 0.3 is 7.60 Å². The molecule has 0 saturated carbocycles. The predicted octanol–water partition coefficient (Wildman–Crippen LogP) is 10.3. The van der Waals surface area contributed by atoms with Crippen LogP contribution in [-0.2, 0) is 13.6 Å². The molecule has 0 saturated heterocycles. The molecular formula is C23H45O3PS4. The van der Waals surface area contributed by atoms with Crippen molar-refractivity contribution < 1.29 is 13.6 Å². The lowest BCUT2D eigenvalue weighted by atomic mass is 10.1. The van der Waals surface area contributed by atoms with E-state index < -0.39 is 7.60 Å². The summed E-state index contributed by atoms with van der Waals surface area (Å²) in [4.78, 5) is 0. The standard InChI is InChI=1S/C23H45O3PS4/c1-5-9-11-13-15-17-19-28-21-22(29-20-18-16-14-12-10-6-2)31-23(30-21)27(24,25-7-3)26-8-4/h23H,5-20H2,1-4H3. The lowest BCUT2D eigenvalue weighted by molar-refractivity contribution is 0.223. The second kappa shape index (κ2) is 19.6. The Morgan fingerprint density at radius 2 is 1.06 bits per heavy atom. The van der Waals surface area contributed by atoms with Crippen LogP contribution in [0.15, 0.2) is 8.47 Å². The van der Waals surface area contributed by atoms with E-state index in [0.717, 1.165) is 11.5 Å². The Hall–Kier alpha value is 1.29. The van der Waals surface area contributed by atoms with Crippen molar-refractivity contribution in [3.05, 3.63) is 8.47 Å². The van der Waals surface area contributed by atoms with Crippen molar-refractivity contribution in [1.82, 2.24) is 0 Å². The van der Waals surface area contributed by atoms with Gasteiger partial charge in [0, 0.05) is 0 Å². The Kier molecular flexibility index (Phi) is 19.2. The molecule has 1 rings (SSSR count). The molecule has 8 heteroatoms. The van der Waals surface area contributed by atoms with E-state index in [1.807, 2.05) is 37.4 Å². The second-order valence-electron chi connectivity index (χ2n) is 7.73. The first-order valence-electron chi connectivity index (χ1n) is 12.3. The summed E-state index contributed by atoms with van der Waals surface area (Å²) in [6, 6.07) is 0. The summed E-state index contributed by atoms with van der Waals surface area (Å²) in [5.74, 6) is 2.30. The van der Waals surface area contributed by atoms with Crippen molar-refractivity contribution in [2.45, 2.75) is 109 Å². The van der Waals surface area contributed by atoms with Gasteiger partial charge in [-0.15, -0.1) is 23.5 Å². The molecule has 184 valence electrons. The molecule has 0 fully saturated rings. The third-order valence-corrected chi connectivity index (χ3v) is 14.4. The number of unbranched alkanes of at least 4 members (excludes halogenated alkanes) is 10. The molecule has 1 aliphatic rings. The highest BCUT2D eigenvalue weighted by atomic mass is 32.3. The molecule has 0 amide bonds. The summed E-state index contributed by atoms with van der Waals surface area (Å²) >= 11 is 7.36. The van der Waals surface area contributed by atoms with Crippen molar-refractivity contribution in [3.63, 3.8) is 0 Å². The van der Waals surface area contributed by atoms with Gasteiger partial charge in [-0.3, -0.25) is 4.57 Å². The maximum Gasteiger partial charge on any atom is 0.354 e. The van der Waals surface area contributed by atoms with E-state index in [-0.39, 0.29) is 4.32 Å². The zero-order valence-electron chi connectivity index (χ0n) is 20.2. The molecule has 1 heterocycles. The lowest BCUT2D eigenvalue weighted by Crippen LogP contribution is -2.04. The SMILES string of the molecule is CCCCCCCCSC1=C(SCCCCCCCC)SC(P(=O)(OCC)OCC)S1. The highest BCUT2D eigenvalue weighted by Crippen LogP contribution is 2.70. The average molecular weight is 529 g/mol. The summed E-state index contributed by atoms with van der Waals surface area (Å²) in [5.41, 5.74) is 0. The zero-order valence-corrected chi connectivity index (χ0v) is 24.4. The van der Waals surface area contributed by atoms with E-state index in [1.165, 1.54) is 85.5 Å². The van der Waals surface area contributed by atoms with Crippen LogP contribution in [0.1, 0.15) is 105 Å². The molecule has 0 aromatic heterocycles. The normalized spacial score (nSPS) is 15.4. The highest BCUT2D eigenvalue weighted by molar-refractivity contribution is 8.40. The van der Waals surface area contributed by atoms with Crippen LogP contribution in [0.4, 0.5) is 0 Å². The minimum Gasteiger partial charge on any atom is -0.307 e. The van der Waals surface area contributed by atoms with E-state index in [1.54, 1.807) is 23.5 Å². The van der Waals surface area contributed by atoms with Crippen LogP contribution in [0.25, 0.3) is 0 Å². The van der Waals surface area contributed by atoms with Crippen molar-refractivity contribution in [2.24, 2.45) is 0 Å². The predicted molar refractivity (Wildman–Crippen MR) is 149 cm³/mol. The second-order valence-corrected chi connectivity index (χ2v) is 15.8. The van der Waals surface area contributed by atoms with Gasteiger partial charge in [-0.05, 0) is 38.2 Å². The number of rotatable bonds is 21. The Morgan fingerprint density at radius 1 is 0.677 bits per heavy atom. The Morgan fingerprint density at radius 3 is 1.45 bits per heavy atom. The van der Waals surface area contributed by atoms with Crippen LogP contribution in [0.3, 0.4) is 0 Å². The lowest BCUT2D eigenvalue weighted by Gasteiger charge is -2.21. The van der Waals surface area contributed by atoms with Crippen molar-refractivity contribution in [3.8, 4) is 0 Å². The number of thioether (sulfide) groups is 4. The summed E-state index contributed by atoms with van der Waals surface area (Å²) < 4.78 is 27.2. The maximum absolute atomic E-state index is 13.3. The molecule has 31 heavy (non-hydrogen) atoms. The van der Waals surface area contributed by atoms with Crippen LogP contribution >= 0.6 is 54.6 Å². The van der Waals surface area contributed by atoms with Gasteiger partial charge < -0.3 is 9.05 Å². The molecule has 0 spiro atoms. The van der Waals surface area contributed by atoms with Crippen molar-refractivity contribution >= 4 is 54.6 Å². The van der Waals surface area contributed by atoms with Crippen LogP contribution in [0.5, 0.6) is 0 Å². The molecule has 0 aromatic carbocycles. The van der Waals surface area contributed by atoms with Gasteiger partial charge in [0.15, 0.2) is 4.32 Å². The quantitative estimate of drug-likeness (QED) is 0.108. The molecular weight excluding hydrogens is 483 g/mol. The molecule has 0 radical (unpaired) electrons. The van der Waals surface area contributed by atoms with Gasteiger partial charge in [0.25, 0.3) is 0 Å². The molecule has 0 aliphatic carbocycles. The third-order valence-electron chi connectivity index (χ3n) is 4.92. The van der Waals surface area contributed by atoms with Crippen LogP contribution < -0.4 is 0 Å². The van der Waals surface area contributed by atoms with Gasteiger partial charge in [-0.2, -0.15) is 0 Å². The van der Waals surface area contributed by atoms with Gasteiger partial charge in [0.05, 0.1) is 21.7 Å². The summed E-state index contributed by atoms with van der Waals surface area (Å²) in [6.45, 7) is 9.17. The molecule has 0 aromatic rings. The maximum atomic E-state index is 13.3. The summed E-state index contributed by atoms with van der Waals surface area (Å²) in [6.07, 6.45) is 15.9. The van der Waals surface area contributed by atoms with Crippen molar-refractivity contribution in [1.29, 1.82) is 0 Å². The molecule has 3 nitrogen and oxygen atoms in total. The monoisotopic (exact) mass is 528 g/mol. The smallest absolute Gasteiger partial charge is 0.307 e. The first-order valence-corrected chi connectivity index (χ1v) is 17.7. The summed E-state index contributed by atoms with van der Waals surface area (Å²) in [7, 11) is -3.10. The fourth-order valence-corrected chi connectivity index (χ4v) is 13.0. The Bertz CT molecular complexity index is 491. The van der Waals surface area contributed by atoms with Gasteiger partial charge in [-0.25, -0.2) is 0 Å². The van der Waals surface area contributed by atoms with Crippen LogP contribution in [-0.4, -0.2) is 29.0 Å². The highest BCUT2D eigenvalue weighted by Gasteiger charge is 2.43. The Labute approximate surface area is 209 Å². The molecule has 1 aliphatic heterocycles. The molecule has 0 bridgehead atoms. The van der Waals surface area contributed by atoms with Gasteiger partial charge in [0.2, 0.25) is 0 Å². The van der Waals surface area contributed by atoms with E-state index in [9.17, 15) is 4.57 Å². The van der Waals surface area contributed by atoms with Gasteiger partial charge in [-0.1, -0.05) is 102 Å². The number of hydrogen-bond acceptors (Lipinski definition) is 7. The van der Waals surface area contributed by atoms with Crippen molar-refractivity contribution in [2.75, 3.05) is 24.7 Å². The van der Waals surface area contributed by atoms with Crippen LogP contribution in [0.2, 0.25) is 0 Å². The average Bonchev–Trinajstić information content (AvgIpc) is 3.16. The molecule has 0 atom stereocenters. The fourth-order valence-electron chi connectivity index (χ4n) is 3.23. The number of hydrogen-bond donors (Lipinski definition) is 0. The van der Waals surface area contributed by atoms with Crippen LogP contribution in [0, 0.1) is 0 Å². The minimum atomic E-state index is -3.10. The van der Waals surface area contributed by atoms with Gasteiger partial charge in [0.1, 0.15) is 0 Å². The molecule has 0 unspecified atom stereocenters. The van der Waals surface area contributed by atoms with E-state index in [0.29, 0.717) is 13.2 Å². The Balaban J connectivity index is 2.55. The largest absolute Gasteiger partial charge is 0.354 e. The first kappa shape index (κ1) is 30.3.